The molecule has 0 radical (unpaired) electrons. The lowest BCUT2D eigenvalue weighted by molar-refractivity contribution is -0.385. The van der Waals surface area contributed by atoms with Crippen LogP contribution in [0.4, 0.5) is 11.5 Å². The van der Waals surface area contributed by atoms with Crippen LogP contribution in [0.1, 0.15) is 43.2 Å². The van der Waals surface area contributed by atoms with Gasteiger partial charge in [0.2, 0.25) is 0 Å². The fourth-order valence-corrected chi connectivity index (χ4v) is 5.28. The van der Waals surface area contributed by atoms with Crippen LogP contribution in [0.5, 0.6) is 11.5 Å². The van der Waals surface area contributed by atoms with E-state index >= 15 is 0 Å². The second-order valence-corrected chi connectivity index (χ2v) is 10.4. The minimum Gasteiger partial charge on any atom is -0.485 e. The van der Waals surface area contributed by atoms with Crippen molar-refractivity contribution in [3.8, 4) is 22.8 Å². The molecule has 1 N–H and O–H groups in total. The predicted molar refractivity (Wildman–Crippen MR) is 159 cm³/mol. The second-order valence-electron chi connectivity index (χ2n) is 10.4. The van der Waals surface area contributed by atoms with Crippen molar-refractivity contribution in [2.45, 2.75) is 51.4 Å². The first kappa shape index (κ1) is 26.4. The van der Waals surface area contributed by atoms with E-state index in [1.165, 1.54) is 12.5 Å². The van der Waals surface area contributed by atoms with Crippen LogP contribution in [0.3, 0.4) is 0 Å². The predicted octanol–water partition coefficient (Wildman–Crippen LogP) is 7.81. The Labute approximate surface area is 238 Å². The summed E-state index contributed by atoms with van der Waals surface area (Å²) in [5.74, 6) is 1.99. The Morgan fingerprint density at radius 3 is 2.15 bits per heavy atom. The molecule has 1 aliphatic carbocycles. The molecule has 1 aliphatic rings. The van der Waals surface area contributed by atoms with Crippen molar-refractivity contribution in [2.24, 2.45) is 0 Å². The molecular formula is C33H32N4O4. The number of hydrogen-bond acceptors (Lipinski definition) is 6. The molecule has 0 bridgehead atoms. The lowest BCUT2D eigenvalue weighted by Gasteiger charge is -2.24. The molecule has 0 spiro atoms. The van der Waals surface area contributed by atoms with Gasteiger partial charge in [-0.05, 0) is 48.2 Å². The molecule has 41 heavy (non-hydrogen) atoms. The van der Waals surface area contributed by atoms with E-state index in [-0.39, 0.29) is 16.7 Å². The topological polar surface area (TPSA) is 90.9 Å². The molecule has 2 heterocycles. The van der Waals surface area contributed by atoms with E-state index in [9.17, 15) is 10.1 Å². The average Bonchev–Trinajstić information content (AvgIpc) is 3.38. The Kier molecular flexibility index (Phi) is 7.80. The lowest BCUT2D eigenvalue weighted by atomic mass is 9.95. The summed E-state index contributed by atoms with van der Waals surface area (Å²) < 4.78 is 14.3. The minimum atomic E-state index is -0.377. The highest BCUT2D eigenvalue weighted by atomic mass is 16.6. The fraction of sp³-hybridized carbons (Fsp3) is 0.242. The molecule has 6 rings (SSSR count). The minimum absolute atomic E-state index is 0.0182. The maximum Gasteiger partial charge on any atom is 0.286 e. The number of fused-ring (bicyclic) bond motifs is 1. The first-order chi connectivity index (χ1) is 20.1. The zero-order valence-corrected chi connectivity index (χ0v) is 22.7. The number of imidazole rings is 1. The quantitative estimate of drug-likeness (QED) is 0.141. The number of pyridine rings is 1. The van der Waals surface area contributed by atoms with Gasteiger partial charge < -0.3 is 14.8 Å². The number of anilines is 1. The molecule has 208 valence electrons. The fourth-order valence-electron chi connectivity index (χ4n) is 5.28. The van der Waals surface area contributed by atoms with Crippen LogP contribution in [0, 0.1) is 10.1 Å². The Balaban J connectivity index is 1.38. The van der Waals surface area contributed by atoms with Crippen molar-refractivity contribution < 1.29 is 14.4 Å². The molecule has 1 fully saturated rings. The molecule has 3 aromatic carbocycles. The number of benzene rings is 3. The van der Waals surface area contributed by atoms with Gasteiger partial charge in [0.15, 0.2) is 11.5 Å². The number of nitrogens with zero attached hydrogens (tertiary/aromatic N) is 3. The maximum absolute atomic E-state index is 11.6. The van der Waals surface area contributed by atoms with E-state index in [1.54, 1.807) is 16.7 Å². The normalized spacial score (nSPS) is 13.7. The third-order valence-corrected chi connectivity index (χ3v) is 7.45. The Hall–Kier alpha value is -4.85. The number of ether oxygens (including phenoxy) is 2. The average molecular weight is 549 g/mol. The van der Waals surface area contributed by atoms with Gasteiger partial charge in [-0.25, -0.2) is 4.98 Å². The van der Waals surface area contributed by atoms with E-state index in [0.717, 1.165) is 53.9 Å². The zero-order valence-electron chi connectivity index (χ0n) is 22.7. The van der Waals surface area contributed by atoms with Gasteiger partial charge in [0.1, 0.15) is 30.4 Å². The standard InChI is InChI=1S/C33H32N4O4/c38-37(39)28-17-19-31-35-32(33(36(31)21-28)34-27-14-8-3-9-15-27)26-16-18-29(40-22-24-10-4-1-5-11-24)30(20-26)41-23-25-12-6-2-7-13-25/h1-2,4-7,10-13,16-21,27,34H,3,8-9,14-15,22-23H2. The molecule has 8 nitrogen and oxygen atoms in total. The molecule has 0 unspecified atom stereocenters. The summed E-state index contributed by atoms with van der Waals surface area (Å²) >= 11 is 0. The monoisotopic (exact) mass is 548 g/mol. The van der Waals surface area contributed by atoms with E-state index in [4.69, 9.17) is 14.5 Å². The van der Waals surface area contributed by atoms with Gasteiger partial charge in [-0.15, -0.1) is 0 Å². The van der Waals surface area contributed by atoms with Gasteiger partial charge in [-0.1, -0.05) is 79.9 Å². The van der Waals surface area contributed by atoms with Crippen LogP contribution in [0.2, 0.25) is 0 Å². The largest absolute Gasteiger partial charge is 0.485 e. The van der Waals surface area contributed by atoms with Gasteiger partial charge >= 0.3 is 0 Å². The van der Waals surface area contributed by atoms with E-state index < -0.39 is 0 Å². The number of nitro groups is 1. The Bertz CT molecular complexity index is 1630. The van der Waals surface area contributed by atoms with Crippen molar-refractivity contribution in [1.29, 1.82) is 0 Å². The molecule has 5 aromatic rings. The van der Waals surface area contributed by atoms with Crippen LogP contribution < -0.4 is 14.8 Å². The van der Waals surface area contributed by atoms with Gasteiger partial charge in [-0.2, -0.15) is 0 Å². The smallest absolute Gasteiger partial charge is 0.286 e. The van der Waals surface area contributed by atoms with Crippen LogP contribution in [0.15, 0.2) is 97.2 Å². The molecule has 0 amide bonds. The van der Waals surface area contributed by atoms with Gasteiger partial charge in [0.25, 0.3) is 5.69 Å². The lowest BCUT2D eigenvalue weighted by Crippen LogP contribution is -2.23. The van der Waals surface area contributed by atoms with Crippen molar-refractivity contribution >= 4 is 17.2 Å². The van der Waals surface area contributed by atoms with Crippen LogP contribution in [-0.4, -0.2) is 20.3 Å². The second kappa shape index (κ2) is 12.1. The maximum atomic E-state index is 11.6. The number of hydrogen-bond donors (Lipinski definition) is 1. The number of rotatable bonds is 10. The molecular weight excluding hydrogens is 516 g/mol. The zero-order chi connectivity index (χ0) is 28.0. The molecule has 8 heteroatoms. The summed E-state index contributed by atoms with van der Waals surface area (Å²) in [7, 11) is 0. The summed E-state index contributed by atoms with van der Waals surface area (Å²) in [5.41, 5.74) is 4.32. The van der Waals surface area contributed by atoms with Crippen molar-refractivity contribution in [3.05, 3.63) is 118 Å². The summed E-state index contributed by atoms with van der Waals surface area (Å²) in [6, 6.07) is 29.3. The van der Waals surface area contributed by atoms with E-state index in [2.05, 4.69) is 5.32 Å². The third-order valence-electron chi connectivity index (χ3n) is 7.45. The Morgan fingerprint density at radius 2 is 1.49 bits per heavy atom. The summed E-state index contributed by atoms with van der Waals surface area (Å²) in [4.78, 5) is 16.1. The van der Waals surface area contributed by atoms with Crippen molar-refractivity contribution in [3.63, 3.8) is 0 Å². The van der Waals surface area contributed by atoms with Gasteiger partial charge in [-0.3, -0.25) is 14.5 Å². The highest BCUT2D eigenvalue weighted by molar-refractivity contribution is 5.78. The van der Waals surface area contributed by atoms with Crippen molar-refractivity contribution in [2.75, 3.05) is 5.32 Å². The summed E-state index contributed by atoms with van der Waals surface area (Å²) in [6.45, 7) is 0.797. The highest BCUT2D eigenvalue weighted by Gasteiger charge is 2.22. The summed E-state index contributed by atoms with van der Waals surface area (Å²) in [5, 5.41) is 15.3. The first-order valence-electron chi connectivity index (χ1n) is 14.0. The van der Waals surface area contributed by atoms with E-state index in [1.807, 2.05) is 78.9 Å². The molecule has 0 atom stereocenters. The van der Waals surface area contributed by atoms with Gasteiger partial charge in [0, 0.05) is 17.7 Å². The number of nitrogens with one attached hydrogen (secondary N) is 1. The van der Waals surface area contributed by atoms with Crippen LogP contribution in [-0.2, 0) is 13.2 Å². The molecule has 2 aromatic heterocycles. The summed E-state index contributed by atoms with van der Waals surface area (Å²) in [6.07, 6.45) is 7.21. The molecule has 0 aliphatic heterocycles. The van der Waals surface area contributed by atoms with Crippen LogP contribution in [0.25, 0.3) is 16.9 Å². The third kappa shape index (κ3) is 6.17. The SMILES string of the molecule is O=[N+]([O-])c1ccc2nc(-c3ccc(OCc4ccccc4)c(OCc4ccccc4)c3)c(NC3CCCCC3)n2c1. The first-order valence-corrected chi connectivity index (χ1v) is 14.0. The van der Waals surface area contributed by atoms with Crippen LogP contribution >= 0.6 is 0 Å². The number of aromatic nitrogens is 2. The molecule has 0 saturated heterocycles. The van der Waals surface area contributed by atoms with Gasteiger partial charge in [0.05, 0.1) is 11.1 Å². The van der Waals surface area contributed by atoms with E-state index in [0.29, 0.717) is 30.4 Å². The van der Waals surface area contributed by atoms with Crippen molar-refractivity contribution in [1.82, 2.24) is 9.38 Å². The molecule has 1 saturated carbocycles. The Morgan fingerprint density at radius 1 is 0.829 bits per heavy atom. The highest BCUT2D eigenvalue weighted by Crippen LogP contribution is 2.38.